The Morgan fingerprint density at radius 1 is 1.08 bits per heavy atom. The van der Waals surface area contributed by atoms with Crippen LogP contribution in [0.5, 0.6) is 0 Å². The Morgan fingerprint density at radius 3 is 2.24 bits per heavy atom. The topological polar surface area (TPSA) is 58.1 Å². The zero-order chi connectivity index (χ0) is 17.8. The molecule has 2 aromatic rings. The molecule has 0 atom stereocenters. The molecule has 5 heteroatoms. The zero-order valence-electron chi connectivity index (χ0n) is 15.1. The fraction of sp³-hybridized carbons (Fsp3) is 0.500. The van der Waals surface area contributed by atoms with Crippen molar-refractivity contribution < 1.29 is 4.79 Å². The van der Waals surface area contributed by atoms with Gasteiger partial charge in [0.2, 0.25) is 0 Å². The van der Waals surface area contributed by atoms with Crippen LogP contribution in [0.1, 0.15) is 61.0 Å². The van der Waals surface area contributed by atoms with Gasteiger partial charge in [0.15, 0.2) is 0 Å². The Morgan fingerprint density at radius 2 is 1.68 bits per heavy atom. The van der Waals surface area contributed by atoms with E-state index in [0.717, 1.165) is 24.2 Å². The second-order valence-electron chi connectivity index (χ2n) is 7.03. The molecule has 1 aliphatic rings. The molecule has 0 aliphatic heterocycles. The molecule has 1 aliphatic carbocycles. The quantitative estimate of drug-likeness (QED) is 0.926. The van der Waals surface area contributed by atoms with Gasteiger partial charge in [0.1, 0.15) is 0 Å². The van der Waals surface area contributed by atoms with E-state index in [1.165, 1.54) is 32.1 Å². The molecule has 25 heavy (non-hydrogen) atoms. The first-order valence-corrected chi connectivity index (χ1v) is 9.22. The van der Waals surface area contributed by atoms with Crippen molar-refractivity contribution in [3.05, 3.63) is 52.2 Å². The van der Waals surface area contributed by atoms with Crippen molar-refractivity contribution in [3.8, 4) is 5.69 Å². The molecule has 1 saturated carbocycles. The minimum atomic E-state index is -0.164. The van der Waals surface area contributed by atoms with Gasteiger partial charge in [-0.1, -0.05) is 32.1 Å². The second-order valence-corrected chi connectivity index (χ2v) is 7.03. The molecule has 0 bridgehead atoms. The van der Waals surface area contributed by atoms with Gasteiger partial charge in [-0.05, 0) is 44.0 Å². The molecule has 1 fully saturated rings. The summed E-state index contributed by atoms with van der Waals surface area (Å²) in [5.74, 6) is 0.0651. The number of amides is 1. The molecule has 1 aromatic carbocycles. The van der Waals surface area contributed by atoms with Crippen LogP contribution in [0.4, 0.5) is 0 Å². The highest BCUT2D eigenvalue weighted by atomic mass is 16.2. The lowest BCUT2D eigenvalue weighted by Gasteiger charge is -2.30. The summed E-state index contributed by atoms with van der Waals surface area (Å²) in [5.41, 5.74) is 2.13. The van der Waals surface area contributed by atoms with Gasteiger partial charge < -0.3 is 9.88 Å². The molecule has 0 saturated heterocycles. The predicted molar refractivity (Wildman–Crippen MR) is 99.3 cm³/mol. The average molecular weight is 341 g/mol. The van der Waals surface area contributed by atoms with E-state index in [9.17, 15) is 9.59 Å². The molecular formula is C20H27N3O2. The average Bonchev–Trinajstić information content (AvgIpc) is 2.92. The molecule has 1 N–H and O–H groups in total. The molecule has 5 nitrogen and oxygen atoms in total. The molecule has 0 spiro atoms. The van der Waals surface area contributed by atoms with Crippen molar-refractivity contribution in [1.29, 1.82) is 0 Å². The van der Waals surface area contributed by atoms with Crippen LogP contribution in [-0.2, 0) is 0 Å². The number of imidazole rings is 1. The standard InChI is InChI=1S/C20H27N3O2/c1-15-14-21-20(25)23(15)18-12-10-16(11-13-18)19(24)22(2)17-8-6-4-3-5-7-9-17/h10-14,17H,3-9H2,1-2H3,(H,21,25). The number of hydrogen-bond acceptors (Lipinski definition) is 2. The maximum Gasteiger partial charge on any atom is 0.330 e. The fourth-order valence-corrected chi connectivity index (χ4v) is 3.72. The van der Waals surface area contributed by atoms with Gasteiger partial charge in [0.25, 0.3) is 5.91 Å². The van der Waals surface area contributed by atoms with Gasteiger partial charge in [0.05, 0.1) is 5.69 Å². The van der Waals surface area contributed by atoms with E-state index in [0.29, 0.717) is 11.6 Å². The number of benzene rings is 1. The number of nitrogens with one attached hydrogen (secondary N) is 1. The molecule has 1 aromatic heterocycles. The van der Waals surface area contributed by atoms with Crippen molar-refractivity contribution in [2.75, 3.05) is 7.05 Å². The van der Waals surface area contributed by atoms with Crippen molar-refractivity contribution in [1.82, 2.24) is 14.5 Å². The van der Waals surface area contributed by atoms with E-state index in [2.05, 4.69) is 4.98 Å². The number of nitrogens with zero attached hydrogens (tertiary/aromatic N) is 2. The number of rotatable bonds is 3. The molecule has 134 valence electrons. The molecular weight excluding hydrogens is 314 g/mol. The van der Waals surface area contributed by atoms with Crippen LogP contribution in [0.15, 0.2) is 35.3 Å². The summed E-state index contributed by atoms with van der Waals surface area (Å²) in [6.07, 6.45) is 10.2. The Hall–Kier alpha value is -2.30. The van der Waals surface area contributed by atoms with Crippen LogP contribution in [0.2, 0.25) is 0 Å². The summed E-state index contributed by atoms with van der Waals surface area (Å²) >= 11 is 0. The molecule has 1 amide bonds. The normalized spacial score (nSPS) is 16.2. The van der Waals surface area contributed by atoms with E-state index >= 15 is 0 Å². The maximum atomic E-state index is 12.8. The first-order valence-electron chi connectivity index (χ1n) is 9.22. The summed E-state index contributed by atoms with van der Waals surface area (Å²) in [4.78, 5) is 29.3. The molecule has 0 unspecified atom stereocenters. The van der Waals surface area contributed by atoms with Gasteiger partial charge in [-0.25, -0.2) is 4.79 Å². The predicted octanol–water partition coefficient (Wildman–Crippen LogP) is 3.66. The molecule has 1 heterocycles. The highest BCUT2D eigenvalue weighted by molar-refractivity contribution is 5.94. The first kappa shape index (κ1) is 17.5. The summed E-state index contributed by atoms with van der Waals surface area (Å²) in [5, 5.41) is 0. The van der Waals surface area contributed by atoms with Crippen molar-refractivity contribution in [3.63, 3.8) is 0 Å². The van der Waals surface area contributed by atoms with Crippen LogP contribution >= 0.6 is 0 Å². The minimum absolute atomic E-state index is 0.0651. The number of carbonyl (C=O) groups is 1. The molecule has 0 radical (unpaired) electrons. The van der Waals surface area contributed by atoms with E-state index in [-0.39, 0.29) is 11.6 Å². The van der Waals surface area contributed by atoms with E-state index in [4.69, 9.17) is 0 Å². The highest BCUT2D eigenvalue weighted by Crippen LogP contribution is 2.22. The van der Waals surface area contributed by atoms with Crippen LogP contribution in [0.3, 0.4) is 0 Å². The highest BCUT2D eigenvalue weighted by Gasteiger charge is 2.21. The molecule has 3 rings (SSSR count). The summed E-state index contributed by atoms with van der Waals surface area (Å²) in [6, 6.07) is 7.64. The third-order valence-electron chi connectivity index (χ3n) is 5.28. The number of aromatic nitrogens is 2. The lowest BCUT2D eigenvalue weighted by Crippen LogP contribution is -2.37. The van der Waals surface area contributed by atoms with Crippen molar-refractivity contribution in [2.45, 2.75) is 57.9 Å². The first-order chi connectivity index (χ1) is 12.1. The van der Waals surface area contributed by atoms with Gasteiger partial charge in [0, 0.05) is 30.5 Å². The number of carbonyl (C=O) groups excluding carboxylic acids is 1. The fourth-order valence-electron chi connectivity index (χ4n) is 3.72. The maximum absolute atomic E-state index is 12.8. The summed E-state index contributed by atoms with van der Waals surface area (Å²) in [7, 11) is 1.92. The Kier molecular flexibility index (Phi) is 5.41. The zero-order valence-corrected chi connectivity index (χ0v) is 15.1. The summed E-state index contributed by atoms with van der Waals surface area (Å²) in [6.45, 7) is 1.87. The van der Waals surface area contributed by atoms with Gasteiger partial charge >= 0.3 is 5.69 Å². The van der Waals surface area contributed by atoms with Crippen molar-refractivity contribution in [2.24, 2.45) is 0 Å². The smallest absolute Gasteiger partial charge is 0.330 e. The van der Waals surface area contributed by atoms with Gasteiger partial charge in [-0.2, -0.15) is 0 Å². The van der Waals surface area contributed by atoms with Crippen LogP contribution in [0, 0.1) is 6.92 Å². The number of H-pyrrole nitrogens is 1. The third-order valence-corrected chi connectivity index (χ3v) is 5.28. The Labute approximate surface area is 148 Å². The summed E-state index contributed by atoms with van der Waals surface area (Å²) < 4.78 is 1.60. The van der Waals surface area contributed by atoms with Gasteiger partial charge in [-0.3, -0.25) is 9.36 Å². The van der Waals surface area contributed by atoms with Crippen molar-refractivity contribution >= 4 is 5.91 Å². The number of aryl methyl sites for hydroxylation is 1. The van der Waals surface area contributed by atoms with E-state index in [1.807, 2.05) is 43.1 Å². The van der Waals surface area contributed by atoms with E-state index < -0.39 is 0 Å². The lowest BCUT2D eigenvalue weighted by molar-refractivity contribution is 0.0707. The Bertz CT molecular complexity index is 765. The second kappa shape index (κ2) is 7.72. The largest absolute Gasteiger partial charge is 0.339 e. The van der Waals surface area contributed by atoms with Crippen LogP contribution < -0.4 is 5.69 Å². The third kappa shape index (κ3) is 3.86. The number of aromatic amines is 1. The lowest BCUT2D eigenvalue weighted by atomic mass is 9.95. The van der Waals surface area contributed by atoms with Gasteiger partial charge in [-0.15, -0.1) is 0 Å². The Balaban J connectivity index is 1.75. The van der Waals surface area contributed by atoms with E-state index in [1.54, 1.807) is 10.8 Å². The SMILES string of the molecule is Cc1c[nH]c(=O)n1-c1ccc(C(=O)N(C)C2CCCCCCC2)cc1. The number of hydrogen-bond donors (Lipinski definition) is 1. The van der Waals surface area contributed by atoms with Crippen LogP contribution in [-0.4, -0.2) is 33.4 Å². The minimum Gasteiger partial charge on any atom is -0.339 e. The van der Waals surface area contributed by atoms with Crippen LogP contribution in [0.25, 0.3) is 5.69 Å². The monoisotopic (exact) mass is 341 g/mol.